The van der Waals surface area contributed by atoms with Crippen LogP contribution in [0.4, 0.5) is 4.39 Å². The van der Waals surface area contributed by atoms with Gasteiger partial charge >= 0.3 is 0 Å². The summed E-state index contributed by atoms with van der Waals surface area (Å²) in [5, 5.41) is 9.09. The Morgan fingerprint density at radius 1 is 1.44 bits per heavy atom. The van der Waals surface area contributed by atoms with Crippen LogP contribution in [-0.4, -0.2) is 32.7 Å². The molecule has 0 saturated carbocycles. The van der Waals surface area contributed by atoms with Gasteiger partial charge in [-0.2, -0.15) is 0 Å². The smallest absolute Gasteiger partial charge is 0.243 e. The first-order valence-corrected chi connectivity index (χ1v) is 6.08. The van der Waals surface area contributed by atoms with Crippen molar-refractivity contribution in [1.29, 1.82) is 0 Å². The Labute approximate surface area is 93.1 Å². The largest absolute Gasteiger partial charge is 0.390 e. The van der Waals surface area contributed by atoms with Crippen LogP contribution in [0.25, 0.3) is 0 Å². The number of nitrogens with two attached hydrogens (primary N) is 1. The van der Waals surface area contributed by atoms with Gasteiger partial charge in [0, 0.05) is 13.1 Å². The summed E-state index contributed by atoms with van der Waals surface area (Å²) in [7, 11) is -3.94. The molecule has 0 aromatic heterocycles. The second-order valence-corrected chi connectivity index (χ2v) is 4.91. The van der Waals surface area contributed by atoms with Gasteiger partial charge in [-0.15, -0.1) is 0 Å². The second-order valence-electron chi connectivity index (χ2n) is 3.17. The lowest BCUT2D eigenvalue weighted by molar-refractivity contribution is 0.186. The summed E-state index contributed by atoms with van der Waals surface area (Å²) in [5.74, 6) is -0.836. The number of sulfonamides is 1. The first-order chi connectivity index (χ1) is 7.47. The summed E-state index contributed by atoms with van der Waals surface area (Å²) in [6, 6.07) is 5.00. The highest BCUT2D eigenvalue weighted by Crippen LogP contribution is 2.12. The molecule has 5 nitrogen and oxygen atoms in total. The Bertz CT molecular complexity index is 450. The topological polar surface area (TPSA) is 92.4 Å². The number of rotatable bonds is 5. The van der Waals surface area contributed by atoms with E-state index in [4.69, 9.17) is 10.8 Å². The van der Waals surface area contributed by atoms with Crippen LogP contribution >= 0.6 is 0 Å². The molecule has 1 aromatic rings. The lowest BCUT2D eigenvalue weighted by atomic mass is 10.3. The standard InChI is InChI=1S/C9H13FN2O3S/c10-8-3-1-2-4-9(8)16(14,15)12-6-7(13)5-11/h1-4,7,12-13H,5-6,11H2. The van der Waals surface area contributed by atoms with Crippen molar-refractivity contribution < 1.29 is 17.9 Å². The van der Waals surface area contributed by atoms with E-state index in [9.17, 15) is 12.8 Å². The molecule has 0 aliphatic heterocycles. The number of hydrogen-bond donors (Lipinski definition) is 3. The fraction of sp³-hybridized carbons (Fsp3) is 0.333. The number of aliphatic hydroxyl groups is 1. The highest BCUT2D eigenvalue weighted by molar-refractivity contribution is 7.89. The van der Waals surface area contributed by atoms with Crippen LogP contribution < -0.4 is 10.5 Å². The predicted octanol–water partition coefficient (Wildman–Crippen LogP) is -0.576. The number of hydrogen-bond acceptors (Lipinski definition) is 4. The zero-order valence-electron chi connectivity index (χ0n) is 8.43. The molecule has 7 heteroatoms. The third kappa shape index (κ3) is 3.24. The van der Waals surface area contributed by atoms with Crippen LogP contribution in [0.1, 0.15) is 0 Å². The van der Waals surface area contributed by atoms with E-state index in [0.29, 0.717) is 0 Å². The molecule has 0 aliphatic rings. The zero-order chi connectivity index (χ0) is 12.2. The Kier molecular flexibility index (Phi) is 4.36. The van der Waals surface area contributed by atoms with Gasteiger partial charge in [0.1, 0.15) is 10.7 Å². The van der Waals surface area contributed by atoms with Crippen LogP contribution in [-0.2, 0) is 10.0 Å². The Balaban J connectivity index is 2.83. The van der Waals surface area contributed by atoms with Crippen LogP contribution in [0.2, 0.25) is 0 Å². The molecular formula is C9H13FN2O3S. The second kappa shape index (κ2) is 5.35. The monoisotopic (exact) mass is 248 g/mol. The Morgan fingerprint density at radius 2 is 2.06 bits per heavy atom. The fourth-order valence-corrected chi connectivity index (χ4v) is 2.18. The maximum absolute atomic E-state index is 13.2. The van der Waals surface area contributed by atoms with Gasteiger partial charge in [-0.25, -0.2) is 17.5 Å². The van der Waals surface area contributed by atoms with Gasteiger partial charge in [0.2, 0.25) is 10.0 Å². The minimum Gasteiger partial charge on any atom is -0.390 e. The molecule has 0 fully saturated rings. The van der Waals surface area contributed by atoms with Crippen molar-refractivity contribution >= 4 is 10.0 Å². The molecule has 0 radical (unpaired) electrons. The van der Waals surface area contributed by atoms with Crippen LogP contribution in [0, 0.1) is 5.82 Å². The zero-order valence-corrected chi connectivity index (χ0v) is 9.24. The molecule has 0 heterocycles. The Hall–Kier alpha value is -1.02. The molecular weight excluding hydrogens is 235 g/mol. The first kappa shape index (κ1) is 13.0. The molecule has 0 bridgehead atoms. The van der Waals surface area contributed by atoms with Gasteiger partial charge in [-0.05, 0) is 12.1 Å². The van der Waals surface area contributed by atoms with Gasteiger partial charge in [0.05, 0.1) is 6.10 Å². The van der Waals surface area contributed by atoms with Crippen molar-refractivity contribution in [3.63, 3.8) is 0 Å². The van der Waals surface area contributed by atoms with Gasteiger partial charge in [0.15, 0.2) is 0 Å². The normalized spacial score (nSPS) is 13.7. The third-order valence-electron chi connectivity index (χ3n) is 1.91. The van der Waals surface area contributed by atoms with Gasteiger partial charge < -0.3 is 10.8 Å². The molecule has 1 unspecified atom stereocenters. The molecule has 0 aliphatic carbocycles. The molecule has 90 valence electrons. The van der Waals surface area contributed by atoms with E-state index < -0.39 is 26.8 Å². The molecule has 0 amide bonds. The SMILES string of the molecule is NCC(O)CNS(=O)(=O)c1ccccc1F. The number of halogens is 1. The van der Waals surface area contributed by atoms with Gasteiger partial charge in [-0.1, -0.05) is 12.1 Å². The van der Waals surface area contributed by atoms with Gasteiger partial charge in [-0.3, -0.25) is 0 Å². The first-order valence-electron chi connectivity index (χ1n) is 4.59. The van der Waals surface area contributed by atoms with Crippen LogP contribution in [0.15, 0.2) is 29.2 Å². The highest BCUT2D eigenvalue weighted by Gasteiger charge is 2.18. The minimum absolute atomic E-state index is 0.0697. The quantitative estimate of drug-likeness (QED) is 0.650. The summed E-state index contributed by atoms with van der Waals surface area (Å²) < 4.78 is 38.4. The van der Waals surface area contributed by atoms with Crippen molar-refractivity contribution in [2.45, 2.75) is 11.0 Å². The van der Waals surface area contributed by atoms with Crippen LogP contribution in [0.3, 0.4) is 0 Å². The average Bonchev–Trinajstić information content (AvgIpc) is 2.26. The van der Waals surface area contributed by atoms with E-state index in [1.165, 1.54) is 12.1 Å². The molecule has 16 heavy (non-hydrogen) atoms. The molecule has 4 N–H and O–H groups in total. The molecule has 0 saturated heterocycles. The van der Waals surface area contributed by atoms with E-state index >= 15 is 0 Å². The summed E-state index contributed by atoms with van der Waals surface area (Å²) in [6.45, 7) is -0.313. The number of nitrogens with one attached hydrogen (secondary N) is 1. The Morgan fingerprint density at radius 3 is 2.62 bits per heavy atom. The summed E-state index contributed by atoms with van der Waals surface area (Å²) in [5.41, 5.74) is 5.11. The van der Waals surface area contributed by atoms with Gasteiger partial charge in [0.25, 0.3) is 0 Å². The van der Waals surface area contributed by atoms with Crippen LogP contribution in [0.5, 0.6) is 0 Å². The molecule has 1 aromatic carbocycles. The molecule has 1 atom stereocenters. The van der Waals surface area contributed by atoms with Crippen molar-refractivity contribution in [3.05, 3.63) is 30.1 Å². The number of aliphatic hydroxyl groups excluding tert-OH is 1. The lowest BCUT2D eigenvalue weighted by Crippen LogP contribution is -2.36. The summed E-state index contributed by atoms with van der Waals surface area (Å²) in [4.78, 5) is -0.445. The fourth-order valence-electron chi connectivity index (χ4n) is 1.03. The molecule has 1 rings (SSSR count). The van der Waals surface area contributed by atoms with Crippen molar-refractivity contribution in [2.75, 3.05) is 13.1 Å². The average molecular weight is 248 g/mol. The number of benzene rings is 1. The lowest BCUT2D eigenvalue weighted by Gasteiger charge is -2.10. The van der Waals surface area contributed by atoms with Crippen molar-refractivity contribution in [3.8, 4) is 0 Å². The maximum Gasteiger partial charge on any atom is 0.243 e. The summed E-state index contributed by atoms with van der Waals surface area (Å²) in [6.07, 6.45) is -0.985. The predicted molar refractivity (Wildman–Crippen MR) is 56.6 cm³/mol. The highest BCUT2D eigenvalue weighted by atomic mass is 32.2. The van der Waals surface area contributed by atoms with E-state index in [1.54, 1.807) is 0 Å². The summed E-state index contributed by atoms with van der Waals surface area (Å²) >= 11 is 0. The maximum atomic E-state index is 13.2. The van der Waals surface area contributed by atoms with E-state index in [2.05, 4.69) is 4.72 Å². The third-order valence-corrected chi connectivity index (χ3v) is 3.36. The van der Waals surface area contributed by atoms with E-state index in [-0.39, 0.29) is 13.1 Å². The van der Waals surface area contributed by atoms with E-state index in [1.807, 2.05) is 0 Å². The van der Waals surface area contributed by atoms with E-state index in [0.717, 1.165) is 12.1 Å². The van der Waals surface area contributed by atoms with Crippen molar-refractivity contribution in [1.82, 2.24) is 4.72 Å². The minimum atomic E-state index is -3.94. The van der Waals surface area contributed by atoms with Crippen molar-refractivity contribution in [2.24, 2.45) is 5.73 Å². The molecule has 0 spiro atoms.